The quantitative estimate of drug-likeness (QED) is 0.860. The van der Waals surface area contributed by atoms with Crippen molar-refractivity contribution in [1.82, 2.24) is 24.6 Å². The van der Waals surface area contributed by atoms with Crippen LogP contribution in [0.25, 0.3) is 0 Å². The number of alkyl halides is 3. The Hall–Kier alpha value is -2.95. The van der Waals surface area contributed by atoms with Crippen molar-refractivity contribution in [2.24, 2.45) is 5.73 Å². The predicted octanol–water partition coefficient (Wildman–Crippen LogP) is 1.18. The molecule has 144 valence electrons. The van der Waals surface area contributed by atoms with Crippen molar-refractivity contribution in [3.63, 3.8) is 0 Å². The fraction of sp³-hybridized carbons (Fsp3) is 0.375. The van der Waals surface area contributed by atoms with Crippen molar-refractivity contribution in [1.29, 1.82) is 0 Å². The number of rotatable bonds is 3. The first kappa shape index (κ1) is 18.8. The molecule has 8 nitrogen and oxygen atoms in total. The van der Waals surface area contributed by atoms with Gasteiger partial charge in [0, 0.05) is 51.3 Å². The van der Waals surface area contributed by atoms with Gasteiger partial charge in [0.25, 0.3) is 5.91 Å². The van der Waals surface area contributed by atoms with Crippen LogP contribution in [0.15, 0.2) is 30.7 Å². The molecule has 1 aliphatic rings. The second-order valence-corrected chi connectivity index (χ2v) is 6.09. The number of carbonyl (C=O) groups is 2. The predicted molar refractivity (Wildman–Crippen MR) is 87.6 cm³/mol. The first-order valence-corrected chi connectivity index (χ1v) is 8.13. The van der Waals surface area contributed by atoms with Gasteiger partial charge < -0.3 is 10.6 Å². The van der Waals surface area contributed by atoms with Crippen LogP contribution < -0.4 is 5.73 Å². The van der Waals surface area contributed by atoms with Crippen LogP contribution in [0, 0.1) is 0 Å². The molecule has 2 N–H and O–H groups in total. The monoisotopic (exact) mass is 382 g/mol. The third kappa shape index (κ3) is 4.25. The van der Waals surface area contributed by atoms with Gasteiger partial charge in [-0.15, -0.1) is 0 Å². The molecule has 1 fully saturated rings. The smallest absolute Gasteiger partial charge is 0.364 e. The number of halogens is 3. The highest BCUT2D eigenvalue weighted by Crippen LogP contribution is 2.32. The Bertz CT molecular complexity index is 843. The number of piperazine rings is 1. The molecule has 2 amide bonds. The van der Waals surface area contributed by atoms with Crippen molar-refractivity contribution >= 4 is 11.9 Å². The van der Waals surface area contributed by atoms with Gasteiger partial charge in [-0.1, -0.05) is 0 Å². The Kier molecular flexibility index (Phi) is 5.13. The molecule has 27 heavy (non-hydrogen) atoms. The highest BCUT2D eigenvalue weighted by molar-refractivity contribution is 5.91. The van der Waals surface area contributed by atoms with Gasteiger partial charge in [0.2, 0.25) is 0 Å². The summed E-state index contributed by atoms with van der Waals surface area (Å²) in [7, 11) is 0. The average Bonchev–Trinajstić information content (AvgIpc) is 3.12. The normalized spacial score (nSPS) is 15.7. The zero-order chi connectivity index (χ0) is 19.6. The van der Waals surface area contributed by atoms with E-state index in [-0.39, 0.29) is 17.8 Å². The number of aromatic nitrogens is 3. The van der Waals surface area contributed by atoms with Crippen LogP contribution in [0.2, 0.25) is 0 Å². The number of nitrogens with zero attached hydrogens (tertiary/aromatic N) is 5. The zero-order valence-electron chi connectivity index (χ0n) is 14.2. The second-order valence-electron chi connectivity index (χ2n) is 6.09. The van der Waals surface area contributed by atoms with Gasteiger partial charge in [-0.25, -0.2) is 4.79 Å². The molecule has 0 bridgehead atoms. The number of pyridine rings is 1. The van der Waals surface area contributed by atoms with Gasteiger partial charge in [-0.3, -0.25) is 14.7 Å². The molecular formula is C16H17F3N6O2. The molecule has 0 unspecified atom stereocenters. The van der Waals surface area contributed by atoms with Gasteiger partial charge in [0.1, 0.15) is 0 Å². The highest BCUT2D eigenvalue weighted by atomic mass is 19.4. The van der Waals surface area contributed by atoms with Crippen molar-refractivity contribution in [3.05, 3.63) is 47.5 Å². The van der Waals surface area contributed by atoms with Gasteiger partial charge in [0.15, 0.2) is 5.69 Å². The number of carbonyl (C=O) groups excluding carboxylic acids is 2. The topological polar surface area (TPSA) is 97.3 Å². The van der Waals surface area contributed by atoms with Crippen molar-refractivity contribution in [3.8, 4) is 0 Å². The molecule has 1 aliphatic heterocycles. The number of nitrogens with two attached hydrogens (primary N) is 1. The number of primary amides is 1. The number of amides is 2. The van der Waals surface area contributed by atoms with E-state index >= 15 is 0 Å². The summed E-state index contributed by atoms with van der Waals surface area (Å²) >= 11 is 0. The maximum Gasteiger partial charge on any atom is 0.416 e. The lowest BCUT2D eigenvalue weighted by molar-refractivity contribution is -0.138. The van der Waals surface area contributed by atoms with Crippen LogP contribution in [0.3, 0.4) is 0 Å². The lowest BCUT2D eigenvalue weighted by atomic mass is 10.1. The van der Waals surface area contributed by atoms with E-state index in [0.29, 0.717) is 26.2 Å². The zero-order valence-corrected chi connectivity index (χ0v) is 14.2. The third-order valence-corrected chi connectivity index (χ3v) is 4.28. The van der Waals surface area contributed by atoms with Crippen LogP contribution >= 0.6 is 0 Å². The molecule has 0 spiro atoms. The summed E-state index contributed by atoms with van der Waals surface area (Å²) in [5.41, 5.74) is 4.49. The van der Waals surface area contributed by atoms with Crippen LogP contribution in [0.4, 0.5) is 18.0 Å². The molecule has 0 radical (unpaired) electrons. The largest absolute Gasteiger partial charge is 0.416 e. The van der Waals surface area contributed by atoms with E-state index < -0.39 is 23.7 Å². The summed E-state index contributed by atoms with van der Waals surface area (Å²) in [4.78, 5) is 30.6. The molecule has 2 aromatic heterocycles. The summed E-state index contributed by atoms with van der Waals surface area (Å²) in [6.07, 6.45) is -0.753. The molecule has 3 heterocycles. The van der Waals surface area contributed by atoms with E-state index in [9.17, 15) is 22.8 Å². The van der Waals surface area contributed by atoms with Crippen LogP contribution in [0.5, 0.6) is 0 Å². The van der Waals surface area contributed by atoms with E-state index in [1.807, 2.05) is 4.90 Å². The molecule has 2 aromatic rings. The van der Waals surface area contributed by atoms with E-state index in [1.54, 1.807) is 0 Å². The van der Waals surface area contributed by atoms with Gasteiger partial charge in [-0.2, -0.15) is 23.0 Å². The van der Waals surface area contributed by atoms with E-state index in [1.165, 1.54) is 23.4 Å². The molecule has 0 atom stereocenters. The first-order valence-electron chi connectivity index (χ1n) is 8.13. The minimum atomic E-state index is -4.44. The summed E-state index contributed by atoms with van der Waals surface area (Å²) in [5.74, 6) is -0.733. The average molecular weight is 382 g/mol. The van der Waals surface area contributed by atoms with Crippen molar-refractivity contribution in [2.75, 3.05) is 26.2 Å². The molecule has 1 saturated heterocycles. The third-order valence-electron chi connectivity index (χ3n) is 4.28. The summed E-state index contributed by atoms with van der Waals surface area (Å²) in [5, 5.41) is 3.81. The van der Waals surface area contributed by atoms with Crippen molar-refractivity contribution in [2.45, 2.75) is 12.7 Å². The van der Waals surface area contributed by atoms with Crippen molar-refractivity contribution < 1.29 is 22.8 Å². The Morgan fingerprint density at radius 2 is 1.85 bits per heavy atom. The fourth-order valence-corrected chi connectivity index (χ4v) is 2.87. The maximum absolute atomic E-state index is 13.1. The van der Waals surface area contributed by atoms with Gasteiger partial charge in [-0.05, 0) is 17.7 Å². The standard InChI is InChI=1S/C16H17F3N6O2/c17-16(18,19)12-1-3-21-9-11(12)10-23-5-7-24(8-6-23)15(27)25-4-2-13(22-25)14(20)26/h1-4,9H,5-8,10H2,(H2,20,26). The maximum atomic E-state index is 13.1. The molecule has 0 aliphatic carbocycles. The molecule has 3 rings (SSSR count). The van der Waals surface area contributed by atoms with Gasteiger partial charge >= 0.3 is 12.2 Å². The molecule has 11 heteroatoms. The molecule has 0 aromatic carbocycles. The lowest BCUT2D eigenvalue weighted by Crippen LogP contribution is -2.49. The van der Waals surface area contributed by atoms with Crippen LogP contribution in [-0.4, -0.2) is 62.7 Å². The minimum absolute atomic E-state index is 0.0155. The Morgan fingerprint density at radius 3 is 2.44 bits per heavy atom. The van der Waals surface area contributed by atoms with Crippen LogP contribution in [-0.2, 0) is 12.7 Å². The Balaban J connectivity index is 1.61. The molecular weight excluding hydrogens is 365 g/mol. The Morgan fingerprint density at radius 1 is 1.15 bits per heavy atom. The molecule has 0 saturated carbocycles. The summed E-state index contributed by atoms with van der Waals surface area (Å²) in [6, 6.07) is 1.89. The summed E-state index contributed by atoms with van der Waals surface area (Å²) in [6.45, 7) is 1.56. The second kappa shape index (κ2) is 7.35. The van der Waals surface area contributed by atoms with Gasteiger partial charge in [0.05, 0.1) is 5.56 Å². The van der Waals surface area contributed by atoms with E-state index in [0.717, 1.165) is 16.9 Å². The van der Waals surface area contributed by atoms with E-state index in [2.05, 4.69) is 10.1 Å². The first-order chi connectivity index (χ1) is 12.8. The summed E-state index contributed by atoms with van der Waals surface area (Å²) < 4.78 is 40.3. The highest BCUT2D eigenvalue weighted by Gasteiger charge is 2.34. The fourth-order valence-electron chi connectivity index (χ4n) is 2.87. The Labute approximate surface area is 152 Å². The van der Waals surface area contributed by atoms with Crippen LogP contribution in [0.1, 0.15) is 21.6 Å². The lowest BCUT2D eigenvalue weighted by Gasteiger charge is -2.34. The van der Waals surface area contributed by atoms with E-state index in [4.69, 9.17) is 5.73 Å². The number of hydrogen-bond donors (Lipinski definition) is 1. The SMILES string of the molecule is NC(=O)c1ccn(C(=O)N2CCN(Cc3cnccc3C(F)(F)F)CC2)n1. The minimum Gasteiger partial charge on any atom is -0.364 e. The number of hydrogen-bond acceptors (Lipinski definition) is 5.